The number of carbonyl (C=O) groups is 3. The Hall–Kier alpha value is -3.90. The highest BCUT2D eigenvalue weighted by Crippen LogP contribution is 2.19. The molecule has 2 atom stereocenters. The lowest BCUT2D eigenvalue weighted by atomic mass is 10.0. The number of amides is 4. The van der Waals surface area contributed by atoms with Gasteiger partial charge in [-0.25, -0.2) is 4.79 Å². The van der Waals surface area contributed by atoms with Gasteiger partial charge in [-0.3, -0.25) is 14.5 Å². The zero-order valence-corrected chi connectivity index (χ0v) is 21.7. The first-order valence-corrected chi connectivity index (χ1v) is 12.6. The van der Waals surface area contributed by atoms with E-state index >= 15 is 0 Å². The zero-order valence-electron chi connectivity index (χ0n) is 21.7. The fourth-order valence-corrected chi connectivity index (χ4v) is 4.39. The number of hydrogen-bond donors (Lipinski definition) is 3. The third-order valence-electron chi connectivity index (χ3n) is 6.43. The number of anilines is 1. The van der Waals surface area contributed by atoms with E-state index in [4.69, 9.17) is 5.26 Å². The first kappa shape index (κ1) is 27.7. The van der Waals surface area contributed by atoms with E-state index in [-0.39, 0.29) is 30.4 Å². The lowest BCUT2D eigenvalue weighted by Gasteiger charge is -2.25. The maximum atomic E-state index is 12.8. The molecule has 0 aliphatic carbocycles. The number of hydrogen-bond acceptors (Lipinski definition) is 5. The van der Waals surface area contributed by atoms with E-state index in [0.717, 1.165) is 26.1 Å². The highest BCUT2D eigenvalue weighted by Gasteiger charge is 2.28. The quantitative estimate of drug-likeness (QED) is 0.430. The van der Waals surface area contributed by atoms with E-state index in [2.05, 4.69) is 33.0 Å². The van der Waals surface area contributed by atoms with E-state index in [9.17, 15) is 14.4 Å². The average molecular weight is 505 g/mol. The Bertz CT molecular complexity index is 1100. The first-order chi connectivity index (χ1) is 17.8. The number of likely N-dealkylation sites (tertiary alicyclic amines) is 1. The van der Waals surface area contributed by atoms with Crippen LogP contribution in [0, 0.1) is 17.2 Å². The van der Waals surface area contributed by atoms with Crippen LogP contribution in [0.25, 0.3) is 0 Å². The SMILES string of the molecule is CC(C)CC(NC(=O)c1ccc(NC(=O)N(C)[C@H]2CCN(Cc3ccccc3)C2)cc1)C(=O)NCC#N. The summed E-state index contributed by atoms with van der Waals surface area (Å²) in [5.74, 6) is -0.597. The molecule has 0 spiro atoms. The van der Waals surface area contributed by atoms with Gasteiger partial charge in [0.1, 0.15) is 12.6 Å². The molecule has 37 heavy (non-hydrogen) atoms. The topological polar surface area (TPSA) is 118 Å². The normalized spacial score (nSPS) is 16.0. The van der Waals surface area contributed by atoms with Crippen LogP contribution in [0.3, 0.4) is 0 Å². The molecule has 4 amide bonds. The van der Waals surface area contributed by atoms with Crippen molar-refractivity contribution in [1.29, 1.82) is 5.26 Å². The molecule has 1 unspecified atom stereocenters. The Balaban J connectivity index is 1.52. The molecule has 1 aliphatic rings. The van der Waals surface area contributed by atoms with Crippen LogP contribution in [0.2, 0.25) is 0 Å². The maximum absolute atomic E-state index is 12.8. The van der Waals surface area contributed by atoms with E-state index < -0.39 is 11.9 Å². The van der Waals surface area contributed by atoms with Crippen molar-refractivity contribution in [2.45, 2.75) is 45.3 Å². The highest BCUT2D eigenvalue weighted by atomic mass is 16.2. The number of nitrogens with one attached hydrogen (secondary N) is 3. The molecule has 0 aromatic heterocycles. The summed E-state index contributed by atoms with van der Waals surface area (Å²) >= 11 is 0. The van der Waals surface area contributed by atoms with Gasteiger partial charge < -0.3 is 20.9 Å². The van der Waals surface area contributed by atoms with Gasteiger partial charge in [-0.15, -0.1) is 0 Å². The predicted molar refractivity (Wildman–Crippen MR) is 143 cm³/mol. The second-order valence-corrected chi connectivity index (χ2v) is 9.81. The molecule has 0 radical (unpaired) electrons. The van der Waals surface area contributed by atoms with Crippen LogP contribution in [0.15, 0.2) is 54.6 Å². The molecule has 3 rings (SSSR count). The Labute approximate surface area is 218 Å². The van der Waals surface area contributed by atoms with Gasteiger partial charge in [-0.2, -0.15) is 5.26 Å². The van der Waals surface area contributed by atoms with Crippen molar-refractivity contribution in [2.24, 2.45) is 5.92 Å². The van der Waals surface area contributed by atoms with Crippen LogP contribution in [0.1, 0.15) is 42.6 Å². The van der Waals surface area contributed by atoms with E-state index in [1.807, 2.05) is 38.1 Å². The molecule has 9 heteroatoms. The van der Waals surface area contributed by atoms with Gasteiger partial charge in [0.2, 0.25) is 5.91 Å². The molecule has 0 saturated carbocycles. The molecule has 0 bridgehead atoms. The molecule has 2 aromatic rings. The van der Waals surface area contributed by atoms with Gasteiger partial charge >= 0.3 is 6.03 Å². The fraction of sp³-hybridized carbons (Fsp3) is 0.429. The summed E-state index contributed by atoms with van der Waals surface area (Å²) in [6.07, 6.45) is 1.36. The smallest absolute Gasteiger partial charge is 0.321 e. The van der Waals surface area contributed by atoms with Crippen molar-refractivity contribution in [3.05, 3.63) is 65.7 Å². The number of benzene rings is 2. The lowest BCUT2D eigenvalue weighted by Crippen LogP contribution is -2.47. The van der Waals surface area contributed by atoms with Gasteiger partial charge in [0.05, 0.1) is 6.07 Å². The lowest BCUT2D eigenvalue weighted by molar-refractivity contribution is -0.123. The van der Waals surface area contributed by atoms with Crippen molar-refractivity contribution in [3.63, 3.8) is 0 Å². The van der Waals surface area contributed by atoms with Crippen LogP contribution in [0.4, 0.5) is 10.5 Å². The Morgan fingerprint density at radius 2 is 1.81 bits per heavy atom. The second-order valence-electron chi connectivity index (χ2n) is 9.81. The molecular weight excluding hydrogens is 468 g/mol. The Morgan fingerprint density at radius 3 is 2.46 bits per heavy atom. The van der Waals surface area contributed by atoms with Gasteiger partial charge in [0, 0.05) is 44.0 Å². The predicted octanol–water partition coefficient (Wildman–Crippen LogP) is 3.21. The third-order valence-corrected chi connectivity index (χ3v) is 6.43. The van der Waals surface area contributed by atoms with Crippen molar-refractivity contribution >= 4 is 23.5 Å². The summed E-state index contributed by atoms with van der Waals surface area (Å²) < 4.78 is 0. The number of likely N-dealkylation sites (N-methyl/N-ethyl adjacent to an activating group) is 1. The van der Waals surface area contributed by atoms with Crippen molar-refractivity contribution in [2.75, 3.05) is 32.0 Å². The zero-order chi connectivity index (χ0) is 26.8. The molecule has 1 fully saturated rings. The van der Waals surface area contributed by atoms with Gasteiger partial charge in [-0.05, 0) is 48.6 Å². The number of rotatable bonds is 10. The van der Waals surface area contributed by atoms with E-state index in [1.54, 1.807) is 36.2 Å². The first-order valence-electron chi connectivity index (χ1n) is 12.6. The van der Waals surface area contributed by atoms with Crippen LogP contribution < -0.4 is 16.0 Å². The van der Waals surface area contributed by atoms with E-state index in [1.165, 1.54) is 5.56 Å². The van der Waals surface area contributed by atoms with Gasteiger partial charge in [0.25, 0.3) is 5.91 Å². The number of nitrogens with zero attached hydrogens (tertiary/aromatic N) is 3. The average Bonchev–Trinajstić information content (AvgIpc) is 3.35. The molecular formula is C28H36N6O3. The van der Waals surface area contributed by atoms with Crippen molar-refractivity contribution < 1.29 is 14.4 Å². The molecule has 2 aromatic carbocycles. The summed E-state index contributed by atoms with van der Waals surface area (Å²) in [4.78, 5) is 42.0. The summed E-state index contributed by atoms with van der Waals surface area (Å²) in [6.45, 7) is 6.42. The van der Waals surface area contributed by atoms with Crippen LogP contribution >= 0.6 is 0 Å². The van der Waals surface area contributed by atoms with E-state index in [0.29, 0.717) is 17.7 Å². The van der Waals surface area contributed by atoms with Gasteiger partial charge in [0.15, 0.2) is 0 Å². The standard InChI is InChI=1S/C28H36N6O3/c1-20(2)17-25(27(36)30-15-14-29)32-26(35)22-9-11-23(12-10-22)31-28(37)33(3)24-13-16-34(19-24)18-21-7-5-4-6-8-21/h4-12,20,24-25H,13,15-19H2,1-3H3,(H,30,36)(H,31,37)(H,32,35)/t24-,25?/m0/s1. The summed E-state index contributed by atoms with van der Waals surface area (Å²) in [5, 5.41) is 16.9. The van der Waals surface area contributed by atoms with Crippen LogP contribution in [-0.2, 0) is 11.3 Å². The van der Waals surface area contributed by atoms with Crippen molar-refractivity contribution in [3.8, 4) is 6.07 Å². The van der Waals surface area contributed by atoms with Crippen LogP contribution in [0.5, 0.6) is 0 Å². The highest BCUT2D eigenvalue weighted by molar-refractivity contribution is 5.98. The van der Waals surface area contributed by atoms with Gasteiger partial charge in [-0.1, -0.05) is 44.2 Å². The summed E-state index contributed by atoms with van der Waals surface area (Å²) in [6, 6.07) is 17.9. The fourth-order valence-electron chi connectivity index (χ4n) is 4.39. The minimum Gasteiger partial charge on any atom is -0.341 e. The number of carbonyl (C=O) groups excluding carboxylic acids is 3. The molecule has 1 heterocycles. The van der Waals surface area contributed by atoms with Crippen LogP contribution in [-0.4, -0.2) is 66.4 Å². The Kier molecular flexibility index (Phi) is 10.0. The monoisotopic (exact) mass is 504 g/mol. The summed E-state index contributed by atoms with van der Waals surface area (Å²) in [7, 11) is 1.81. The molecule has 3 N–H and O–H groups in total. The summed E-state index contributed by atoms with van der Waals surface area (Å²) in [5.41, 5.74) is 2.22. The molecule has 1 saturated heterocycles. The molecule has 1 aliphatic heterocycles. The molecule has 196 valence electrons. The maximum Gasteiger partial charge on any atom is 0.321 e. The largest absolute Gasteiger partial charge is 0.341 e. The minimum atomic E-state index is -0.734. The Morgan fingerprint density at radius 1 is 1.11 bits per heavy atom. The second kappa shape index (κ2) is 13.4. The minimum absolute atomic E-state index is 0.113. The number of urea groups is 1. The number of nitriles is 1. The third kappa shape index (κ3) is 8.33. The van der Waals surface area contributed by atoms with Crippen molar-refractivity contribution in [1.82, 2.24) is 20.4 Å². The molecule has 9 nitrogen and oxygen atoms in total.